The smallest absolute Gasteiger partial charge is 0.100 e. The van der Waals surface area contributed by atoms with Crippen LogP contribution in [0.25, 0.3) is 0 Å². The second kappa shape index (κ2) is 6.62. The van der Waals surface area contributed by atoms with Crippen molar-refractivity contribution in [2.75, 3.05) is 20.2 Å². The molecule has 2 nitrogen and oxygen atoms in total. The van der Waals surface area contributed by atoms with Crippen LogP contribution >= 0.6 is 0 Å². The summed E-state index contributed by atoms with van der Waals surface area (Å²) in [6.07, 6.45) is 3.13. The third-order valence-corrected chi connectivity index (χ3v) is 1.17. The molecule has 0 aliphatic rings. The minimum atomic E-state index is 0.763. The second-order valence-corrected chi connectivity index (χ2v) is 2.18. The zero-order valence-corrected chi connectivity index (χ0v) is 7.11. The summed E-state index contributed by atoms with van der Waals surface area (Å²) in [7, 11) is 1.92. The van der Waals surface area contributed by atoms with Gasteiger partial charge in [0.15, 0.2) is 0 Å². The van der Waals surface area contributed by atoms with E-state index in [4.69, 9.17) is 4.74 Å². The number of hydrogen-bond donors (Lipinski definition) is 1. The highest BCUT2D eigenvalue weighted by Crippen LogP contribution is 1.95. The van der Waals surface area contributed by atoms with Crippen molar-refractivity contribution in [2.24, 2.45) is 0 Å². The highest BCUT2D eigenvalue weighted by Gasteiger charge is 1.86. The summed E-state index contributed by atoms with van der Waals surface area (Å²) in [5.74, 6) is 1.03. The Morgan fingerprint density at radius 1 is 1.60 bits per heavy atom. The Morgan fingerprint density at radius 3 is 2.80 bits per heavy atom. The molecular formula is C8H17NO. The van der Waals surface area contributed by atoms with Crippen LogP contribution in [-0.2, 0) is 4.74 Å². The van der Waals surface area contributed by atoms with Gasteiger partial charge in [0.1, 0.15) is 6.61 Å². The van der Waals surface area contributed by atoms with Crippen LogP contribution in [0.3, 0.4) is 0 Å². The Kier molecular flexibility index (Phi) is 6.29. The van der Waals surface area contributed by atoms with E-state index in [0.29, 0.717) is 0 Å². The van der Waals surface area contributed by atoms with Crippen molar-refractivity contribution in [3.8, 4) is 0 Å². The van der Waals surface area contributed by atoms with Gasteiger partial charge >= 0.3 is 0 Å². The molecule has 0 bridgehead atoms. The van der Waals surface area contributed by atoms with E-state index in [-0.39, 0.29) is 0 Å². The first-order valence-corrected chi connectivity index (χ1v) is 3.75. The van der Waals surface area contributed by atoms with Gasteiger partial charge in [-0.25, -0.2) is 0 Å². The molecule has 0 aliphatic carbocycles. The van der Waals surface area contributed by atoms with Crippen molar-refractivity contribution in [1.29, 1.82) is 0 Å². The molecular weight excluding hydrogens is 126 g/mol. The number of ether oxygens (including phenoxy) is 1. The summed E-state index contributed by atoms with van der Waals surface area (Å²) >= 11 is 0. The molecule has 0 aliphatic heterocycles. The van der Waals surface area contributed by atoms with E-state index in [1.807, 2.05) is 14.0 Å². The Balaban J connectivity index is 3.21. The lowest BCUT2D eigenvalue weighted by molar-refractivity contribution is 0.215. The minimum Gasteiger partial charge on any atom is -0.497 e. The van der Waals surface area contributed by atoms with Gasteiger partial charge in [-0.3, -0.25) is 0 Å². The van der Waals surface area contributed by atoms with Gasteiger partial charge in [-0.15, -0.1) is 0 Å². The van der Waals surface area contributed by atoms with Gasteiger partial charge in [-0.2, -0.15) is 0 Å². The summed E-state index contributed by atoms with van der Waals surface area (Å²) in [5.41, 5.74) is 0. The zero-order valence-electron chi connectivity index (χ0n) is 7.11. The molecule has 0 aromatic carbocycles. The molecule has 0 saturated heterocycles. The average Bonchev–Trinajstić information content (AvgIpc) is 1.89. The maximum atomic E-state index is 5.32. The van der Waals surface area contributed by atoms with Crippen LogP contribution in [0.15, 0.2) is 11.8 Å². The Labute approximate surface area is 63.3 Å². The average molecular weight is 143 g/mol. The fourth-order valence-corrected chi connectivity index (χ4v) is 0.660. The SMILES string of the molecule is CC/C=C(\C)OCCNC. The van der Waals surface area contributed by atoms with Gasteiger partial charge in [0.2, 0.25) is 0 Å². The highest BCUT2D eigenvalue weighted by molar-refractivity contribution is 4.86. The van der Waals surface area contributed by atoms with Gasteiger partial charge in [0, 0.05) is 6.54 Å². The number of rotatable bonds is 5. The molecule has 0 fully saturated rings. The monoisotopic (exact) mass is 143 g/mol. The number of hydrogen-bond acceptors (Lipinski definition) is 2. The van der Waals surface area contributed by atoms with Crippen LogP contribution < -0.4 is 5.32 Å². The fraction of sp³-hybridized carbons (Fsp3) is 0.750. The molecule has 0 atom stereocenters. The van der Waals surface area contributed by atoms with E-state index in [9.17, 15) is 0 Å². The van der Waals surface area contributed by atoms with Crippen molar-refractivity contribution < 1.29 is 4.74 Å². The predicted molar refractivity (Wildman–Crippen MR) is 43.9 cm³/mol. The van der Waals surface area contributed by atoms with Gasteiger partial charge in [0.25, 0.3) is 0 Å². The standard InChI is InChI=1S/C8H17NO/c1-4-5-8(2)10-7-6-9-3/h5,9H,4,6-7H2,1-3H3/b8-5+. The quantitative estimate of drug-likeness (QED) is 0.465. The van der Waals surface area contributed by atoms with Crippen LogP contribution in [0.5, 0.6) is 0 Å². The van der Waals surface area contributed by atoms with Gasteiger partial charge in [-0.1, -0.05) is 6.92 Å². The molecule has 0 aromatic heterocycles. The highest BCUT2D eigenvalue weighted by atomic mass is 16.5. The van der Waals surface area contributed by atoms with E-state index in [1.54, 1.807) is 0 Å². The molecule has 0 unspecified atom stereocenters. The van der Waals surface area contributed by atoms with E-state index in [1.165, 1.54) is 0 Å². The number of likely N-dealkylation sites (N-methyl/N-ethyl adjacent to an activating group) is 1. The third-order valence-electron chi connectivity index (χ3n) is 1.17. The minimum absolute atomic E-state index is 0.763. The first-order valence-electron chi connectivity index (χ1n) is 3.75. The van der Waals surface area contributed by atoms with E-state index < -0.39 is 0 Å². The number of allylic oxidation sites excluding steroid dienone is 2. The normalized spacial score (nSPS) is 11.7. The largest absolute Gasteiger partial charge is 0.497 e. The molecule has 0 aromatic rings. The molecule has 0 spiro atoms. The second-order valence-electron chi connectivity index (χ2n) is 2.18. The van der Waals surface area contributed by atoms with Crippen LogP contribution in [0, 0.1) is 0 Å². The molecule has 0 amide bonds. The lowest BCUT2D eigenvalue weighted by Gasteiger charge is -2.04. The van der Waals surface area contributed by atoms with Crippen molar-refractivity contribution >= 4 is 0 Å². The van der Waals surface area contributed by atoms with E-state index in [0.717, 1.165) is 25.3 Å². The lowest BCUT2D eigenvalue weighted by Crippen LogP contribution is -2.13. The molecule has 0 radical (unpaired) electrons. The molecule has 0 rings (SSSR count). The van der Waals surface area contributed by atoms with Crippen LogP contribution in [0.2, 0.25) is 0 Å². The molecule has 0 heterocycles. The topological polar surface area (TPSA) is 21.3 Å². The zero-order chi connectivity index (χ0) is 7.82. The first-order chi connectivity index (χ1) is 4.81. The van der Waals surface area contributed by atoms with Crippen molar-refractivity contribution in [2.45, 2.75) is 20.3 Å². The molecule has 2 heteroatoms. The summed E-state index contributed by atoms with van der Waals surface area (Å²) in [6.45, 7) is 5.76. The van der Waals surface area contributed by atoms with E-state index >= 15 is 0 Å². The van der Waals surface area contributed by atoms with Crippen molar-refractivity contribution in [1.82, 2.24) is 5.32 Å². The summed E-state index contributed by atoms with van der Waals surface area (Å²) in [4.78, 5) is 0. The Morgan fingerprint density at radius 2 is 2.30 bits per heavy atom. The maximum Gasteiger partial charge on any atom is 0.100 e. The molecule has 0 saturated carbocycles. The van der Waals surface area contributed by atoms with E-state index in [2.05, 4.69) is 18.3 Å². The van der Waals surface area contributed by atoms with Crippen LogP contribution in [0.4, 0.5) is 0 Å². The van der Waals surface area contributed by atoms with Gasteiger partial charge < -0.3 is 10.1 Å². The number of nitrogens with one attached hydrogen (secondary N) is 1. The summed E-state index contributed by atoms with van der Waals surface area (Å²) < 4.78 is 5.32. The molecule has 1 N–H and O–H groups in total. The maximum absolute atomic E-state index is 5.32. The van der Waals surface area contributed by atoms with Crippen molar-refractivity contribution in [3.05, 3.63) is 11.8 Å². The van der Waals surface area contributed by atoms with Crippen LogP contribution in [0.1, 0.15) is 20.3 Å². The summed E-state index contributed by atoms with van der Waals surface area (Å²) in [5, 5.41) is 3.01. The van der Waals surface area contributed by atoms with Gasteiger partial charge in [-0.05, 0) is 26.5 Å². The molecule has 10 heavy (non-hydrogen) atoms. The Bertz CT molecular complexity index is 99.4. The van der Waals surface area contributed by atoms with Crippen molar-refractivity contribution in [3.63, 3.8) is 0 Å². The fourth-order valence-electron chi connectivity index (χ4n) is 0.660. The van der Waals surface area contributed by atoms with Crippen LogP contribution in [-0.4, -0.2) is 20.2 Å². The molecule has 60 valence electrons. The Hall–Kier alpha value is -0.500. The lowest BCUT2D eigenvalue weighted by atomic mass is 10.4. The third kappa shape index (κ3) is 5.63. The summed E-state index contributed by atoms with van der Waals surface area (Å²) in [6, 6.07) is 0. The predicted octanol–water partition coefficient (Wildman–Crippen LogP) is 1.54. The van der Waals surface area contributed by atoms with Gasteiger partial charge in [0.05, 0.1) is 5.76 Å². The first kappa shape index (κ1) is 9.50.